The molecule has 2 spiro atoms. The van der Waals surface area contributed by atoms with Crippen LogP contribution in [0.2, 0.25) is 0 Å². The van der Waals surface area contributed by atoms with Gasteiger partial charge < -0.3 is 23.5 Å². The molecule has 0 aromatic heterocycles. The van der Waals surface area contributed by atoms with Crippen molar-refractivity contribution in [3.8, 4) is 5.75 Å². The highest BCUT2D eigenvalue weighted by molar-refractivity contribution is 7.48. The SMILES string of the molecule is C[C@H]1[C@@H](CCCOP(=O)(OCCC[C@H]2O[C@@H]3O[C@@]4(C)CC[C@H]5[C@H](C)CC[C@@H]([C@H]2C)[C@@]35OO4)Oc2ccccc2)O[C@@H]2O[C@@]3(C)CC[C@H]4[C@H](C)CC[C@@H]1[C@@]24OO3. The molecule has 8 aliphatic heterocycles. The summed E-state index contributed by atoms with van der Waals surface area (Å²) >= 11 is 0. The van der Waals surface area contributed by atoms with Gasteiger partial charge in [-0.2, -0.15) is 0 Å². The van der Waals surface area contributed by atoms with E-state index in [1.807, 2.05) is 32.0 Å². The minimum absolute atomic E-state index is 0.0633. The third-order valence-corrected chi connectivity index (χ3v) is 16.7. The Morgan fingerprint density at radius 3 is 1.58 bits per heavy atom. The van der Waals surface area contributed by atoms with E-state index >= 15 is 0 Å². The van der Waals surface area contributed by atoms with Crippen LogP contribution >= 0.6 is 7.82 Å². The van der Waals surface area contributed by atoms with Gasteiger partial charge in [-0.3, -0.25) is 9.05 Å². The Balaban J connectivity index is 0.818. The van der Waals surface area contributed by atoms with Gasteiger partial charge >= 0.3 is 7.82 Å². The molecule has 4 bridgehead atoms. The maximum absolute atomic E-state index is 14.2. The molecule has 16 atom stereocenters. The molecule has 10 fully saturated rings. The minimum Gasteiger partial charge on any atom is -0.404 e. The number of phosphoric acid groups is 1. The number of ether oxygens (including phenoxy) is 4. The predicted molar refractivity (Wildman–Crippen MR) is 199 cm³/mol. The Kier molecular flexibility index (Phi) is 10.6. The van der Waals surface area contributed by atoms with Crippen molar-refractivity contribution in [2.45, 2.75) is 166 Å². The lowest BCUT2D eigenvalue weighted by Crippen LogP contribution is -2.70. The number of phosphoric ester groups is 1. The number of rotatable bonds is 12. The maximum atomic E-state index is 14.2. The number of fused-ring (bicyclic) bond motifs is 4. The van der Waals surface area contributed by atoms with Crippen LogP contribution in [-0.2, 0) is 52.1 Å². The Morgan fingerprint density at radius 1 is 0.636 bits per heavy atom. The summed E-state index contributed by atoms with van der Waals surface area (Å²) in [7, 11) is -3.96. The van der Waals surface area contributed by atoms with E-state index in [1.54, 1.807) is 12.1 Å². The van der Waals surface area contributed by atoms with Gasteiger partial charge in [0.15, 0.2) is 23.8 Å². The van der Waals surface area contributed by atoms with E-state index in [9.17, 15) is 4.57 Å². The first-order chi connectivity index (χ1) is 26.4. The second-order valence-corrected chi connectivity index (χ2v) is 20.3. The molecule has 0 amide bonds. The lowest BCUT2D eigenvalue weighted by Gasteiger charge is -2.60. The Hall–Kier alpha value is -1.15. The molecule has 2 aliphatic carbocycles. The molecule has 11 rings (SSSR count). The lowest BCUT2D eigenvalue weighted by molar-refractivity contribution is -0.571. The second-order valence-electron chi connectivity index (χ2n) is 18.7. The van der Waals surface area contributed by atoms with E-state index in [4.69, 9.17) is 52.1 Å². The fourth-order valence-corrected chi connectivity index (χ4v) is 13.5. The van der Waals surface area contributed by atoms with Crippen molar-refractivity contribution in [2.24, 2.45) is 47.3 Å². The largest absolute Gasteiger partial charge is 0.530 e. The van der Waals surface area contributed by atoms with Gasteiger partial charge in [0.25, 0.3) is 0 Å². The molecule has 8 heterocycles. The van der Waals surface area contributed by atoms with Crippen molar-refractivity contribution in [1.82, 2.24) is 0 Å². The highest BCUT2D eigenvalue weighted by atomic mass is 31.2. The van der Waals surface area contributed by atoms with Gasteiger partial charge in [-0.15, -0.1) is 0 Å². The highest BCUT2D eigenvalue weighted by Gasteiger charge is 2.70. The summed E-state index contributed by atoms with van der Waals surface area (Å²) in [5, 5.41) is 0. The smallest absolute Gasteiger partial charge is 0.404 e. The average Bonchev–Trinajstić information content (AvgIpc) is 3.54. The first-order valence-electron chi connectivity index (χ1n) is 21.4. The molecule has 1 aromatic carbocycles. The molecular weight excluding hydrogens is 727 g/mol. The van der Waals surface area contributed by atoms with E-state index in [1.165, 1.54) is 0 Å². The van der Waals surface area contributed by atoms with Crippen molar-refractivity contribution in [3.05, 3.63) is 30.3 Å². The van der Waals surface area contributed by atoms with Gasteiger partial charge in [0.05, 0.1) is 25.4 Å². The predicted octanol–water partition coefficient (Wildman–Crippen LogP) is 9.27. The van der Waals surface area contributed by atoms with Crippen LogP contribution in [0.1, 0.15) is 119 Å². The van der Waals surface area contributed by atoms with Gasteiger partial charge in [0.2, 0.25) is 11.6 Å². The van der Waals surface area contributed by atoms with Gasteiger partial charge in [-0.25, -0.2) is 24.1 Å². The molecule has 12 nitrogen and oxygen atoms in total. The number of hydrogen-bond donors (Lipinski definition) is 0. The van der Waals surface area contributed by atoms with Gasteiger partial charge in [-0.1, -0.05) is 45.9 Å². The summed E-state index contributed by atoms with van der Waals surface area (Å²) in [4.78, 5) is 24.6. The zero-order valence-electron chi connectivity index (χ0n) is 33.6. The summed E-state index contributed by atoms with van der Waals surface area (Å²) in [6.07, 6.45) is 9.55. The standard InChI is InChI=1S/C42H63O12P/c1-26-16-18-33-28(3)35(46-37-41(33)31(26)20-22-39(5,48-37)51-53-41)14-10-24-44-55(43,50-30-12-8-7-9-13-30)45-25-11-15-36-29(4)34-19-17-27(2)32-21-23-40(6)49-38(47-36)42(32,34)54-52-40/h7-9,12-13,26-29,31-38H,10-11,14-25H2,1-6H3/t26-,27-,28-,29-,31+,32+,33+,34+,35-,36-,37-,38-,39-,40-,41-,42-/m1/s1. The normalized spacial score (nSPS) is 49.6. The monoisotopic (exact) mass is 790 g/mol. The second kappa shape index (κ2) is 14.8. The van der Waals surface area contributed by atoms with Crippen LogP contribution in [0.4, 0.5) is 0 Å². The van der Waals surface area contributed by atoms with E-state index in [0.29, 0.717) is 55.1 Å². The first-order valence-corrected chi connectivity index (χ1v) is 22.9. The summed E-state index contributed by atoms with van der Waals surface area (Å²) in [6.45, 7) is 13.5. The van der Waals surface area contributed by atoms with E-state index in [2.05, 4.69) is 27.7 Å². The van der Waals surface area contributed by atoms with Crippen LogP contribution < -0.4 is 4.52 Å². The Bertz CT molecular complexity index is 1480. The van der Waals surface area contributed by atoms with Crippen LogP contribution in [-0.4, -0.2) is 60.8 Å². The molecule has 13 heteroatoms. The molecule has 8 saturated heterocycles. The molecule has 10 aliphatic rings. The maximum Gasteiger partial charge on any atom is 0.530 e. The summed E-state index contributed by atoms with van der Waals surface area (Å²) in [6, 6.07) is 9.08. The van der Waals surface area contributed by atoms with Crippen LogP contribution in [0.25, 0.3) is 0 Å². The highest BCUT2D eigenvalue weighted by Crippen LogP contribution is 2.63. The van der Waals surface area contributed by atoms with Crippen molar-refractivity contribution in [2.75, 3.05) is 13.2 Å². The molecule has 2 saturated carbocycles. The fraction of sp³-hybridized carbons (Fsp3) is 0.857. The van der Waals surface area contributed by atoms with Crippen molar-refractivity contribution in [1.29, 1.82) is 0 Å². The van der Waals surface area contributed by atoms with Crippen LogP contribution in [0.5, 0.6) is 5.75 Å². The Labute approximate surface area is 326 Å². The van der Waals surface area contributed by atoms with Gasteiger partial charge in [0.1, 0.15) is 5.75 Å². The van der Waals surface area contributed by atoms with Gasteiger partial charge in [-0.05, 0) is 126 Å². The van der Waals surface area contributed by atoms with E-state index < -0.39 is 43.2 Å². The summed E-state index contributed by atoms with van der Waals surface area (Å²) < 4.78 is 58.9. The third kappa shape index (κ3) is 6.79. The van der Waals surface area contributed by atoms with Gasteiger partial charge in [0, 0.05) is 24.7 Å². The zero-order valence-corrected chi connectivity index (χ0v) is 34.5. The first kappa shape index (κ1) is 39.3. The van der Waals surface area contributed by atoms with Crippen molar-refractivity contribution >= 4 is 7.82 Å². The zero-order chi connectivity index (χ0) is 38.2. The summed E-state index contributed by atoms with van der Waals surface area (Å²) in [5.74, 6) is 1.47. The summed E-state index contributed by atoms with van der Waals surface area (Å²) in [5.41, 5.74) is -1.18. The molecule has 308 valence electrons. The molecule has 0 radical (unpaired) electrons. The molecular formula is C42H63O12P. The molecule has 1 aromatic rings. The van der Waals surface area contributed by atoms with E-state index in [-0.39, 0.29) is 49.1 Å². The average molecular weight is 791 g/mol. The Morgan fingerprint density at radius 2 is 1.11 bits per heavy atom. The van der Waals surface area contributed by atoms with Crippen LogP contribution in [0.3, 0.4) is 0 Å². The fourth-order valence-electron chi connectivity index (χ4n) is 12.2. The minimum atomic E-state index is -3.96. The van der Waals surface area contributed by atoms with Crippen molar-refractivity contribution < 1.29 is 56.6 Å². The lowest BCUT2D eigenvalue weighted by atomic mass is 9.57. The quantitative estimate of drug-likeness (QED) is 0.114. The molecule has 55 heavy (non-hydrogen) atoms. The van der Waals surface area contributed by atoms with Crippen LogP contribution in [0.15, 0.2) is 30.3 Å². The van der Waals surface area contributed by atoms with Crippen LogP contribution in [0, 0.1) is 47.3 Å². The number of para-hydroxylation sites is 1. The topological polar surface area (TPSA) is 119 Å². The third-order valence-electron chi connectivity index (χ3n) is 15.3. The van der Waals surface area contributed by atoms with E-state index in [0.717, 1.165) is 51.4 Å². The van der Waals surface area contributed by atoms with Crippen molar-refractivity contribution in [3.63, 3.8) is 0 Å². The molecule has 0 unspecified atom stereocenters. The number of hydrogen-bond acceptors (Lipinski definition) is 12. The molecule has 0 N–H and O–H groups in total. The number of benzene rings is 1.